The number of carbonyl (C=O) groups is 1. The van der Waals surface area contributed by atoms with E-state index in [1.165, 1.54) is 12.2 Å². The zero-order valence-corrected chi connectivity index (χ0v) is 10.5. The van der Waals surface area contributed by atoms with Gasteiger partial charge < -0.3 is 11.1 Å². The Morgan fingerprint density at radius 1 is 1.59 bits per heavy atom. The highest BCUT2D eigenvalue weighted by molar-refractivity contribution is 7.99. The lowest BCUT2D eigenvalue weighted by Crippen LogP contribution is -2.39. The molecule has 3 N–H and O–H groups in total. The summed E-state index contributed by atoms with van der Waals surface area (Å²) in [4.78, 5) is 15.9. The second-order valence-electron chi connectivity index (χ2n) is 4.24. The van der Waals surface area contributed by atoms with Crippen molar-refractivity contribution in [2.75, 3.05) is 17.2 Å². The predicted octanol–water partition coefficient (Wildman–Crippen LogP) is 1.22. The Hall–Kier alpha value is -1.23. The van der Waals surface area contributed by atoms with Crippen molar-refractivity contribution >= 4 is 23.4 Å². The normalized spacial score (nSPS) is 19.9. The first kappa shape index (κ1) is 12.2. The summed E-state index contributed by atoms with van der Waals surface area (Å²) in [5.74, 6) is 2.29. The first-order chi connectivity index (χ1) is 8.24. The third-order valence-electron chi connectivity index (χ3n) is 2.71. The molecule has 92 valence electrons. The lowest BCUT2D eigenvalue weighted by Gasteiger charge is -2.22. The van der Waals surface area contributed by atoms with E-state index < -0.39 is 0 Å². The van der Waals surface area contributed by atoms with Crippen LogP contribution in [0, 0.1) is 0 Å². The van der Waals surface area contributed by atoms with Gasteiger partial charge in [-0.15, -0.1) is 0 Å². The molecule has 1 fully saturated rings. The van der Waals surface area contributed by atoms with Gasteiger partial charge in [0.15, 0.2) is 0 Å². The van der Waals surface area contributed by atoms with Crippen molar-refractivity contribution in [1.82, 2.24) is 10.3 Å². The van der Waals surface area contributed by atoms with Gasteiger partial charge in [0.25, 0.3) is 0 Å². The summed E-state index contributed by atoms with van der Waals surface area (Å²) in [7, 11) is 0. The molecule has 2 rings (SSSR count). The number of nitrogens with two attached hydrogens (primary N) is 1. The van der Waals surface area contributed by atoms with Gasteiger partial charge in [0.1, 0.15) is 0 Å². The fourth-order valence-corrected chi connectivity index (χ4v) is 2.91. The Morgan fingerprint density at radius 2 is 2.47 bits per heavy atom. The topological polar surface area (TPSA) is 68.0 Å². The molecule has 0 aromatic carbocycles. The zero-order chi connectivity index (χ0) is 12.1. The SMILES string of the molecule is Nc1ccc(CC(=O)NC2CCCSC2)nc1. The van der Waals surface area contributed by atoms with Crippen LogP contribution in [0.4, 0.5) is 5.69 Å². The number of nitrogen functional groups attached to an aromatic ring is 1. The van der Waals surface area contributed by atoms with E-state index in [4.69, 9.17) is 5.73 Å². The maximum absolute atomic E-state index is 11.8. The molecule has 1 aromatic heterocycles. The molecule has 0 saturated carbocycles. The molecular formula is C12H17N3OS. The molecule has 0 radical (unpaired) electrons. The lowest BCUT2D eigenvalue weighted by molar-refractivity contribution is -0.121. The van der Waals surface area contributed by atoms with Crippen LogP contribution in [0.3, 0.4) is 0 Å². The number of rotatable bonds is 3. The molecule has 1 atom stereocenters. The van der Waals surface area contributed by atoms with E-state index >= 15 is 0 Å². The predicted molar refractivity (Wildman–Crippen MR) is 70.8 cm³/mol. The van der Waals surface area contributed by atoms with Crippen LogP contribution in [0.1, 0.15) is 18.5 Å². The van der Waals surface area contributed by atoms with Crippen molar-refractivity contribution in [3.8, 4) is 0 Å². The highest BCUT2D eigenvalue weighted by Crippen LogP contribution is 2.16. The van der Waals surface area contributed by atoms with Crippen LogP contribution in [0.25, 0.3) is 0 Å². The Labute approximate surface area is 105 Å². The monoisotopic (exact) mass is 251 g/mol. The number of amides is 1. The summed E-state index contributed by atoms with van der Waals surface area (Å²) in [6.07, 6.45) is 4.20. The standard InChI is InChI=1S/C12H17N3OS/c13-9-3-4-10(14-7-9)6-12(16)15-11-2-1-5-17-8-11/h3-4,7,11H,1-2,5-6,8,13H2,(H,15,16). The molecule has 1 unspecified atom stereocenters. The van der Waals surface area contributed by atoms with Crippen molar-refractivity contribution in [1.29, 1.82) is 0 Å². The van der Waals surface area contributed by atoms with Gasteiger partial charge in [0.2, 0.25) is 5.91 Å². The minimum atomic E-state index is 0.0507. The molecule has 1 amide bonds. The molecule has 5 heteroatoms. The van der Waals surface area contributed by atoms with Crippen molar-refractivity contribution in [3.63, 3.8) is 0 Å². The van der Waals surface area contributed by atoms with Gasteiger partial charge in [-0.3, -0.25) is 9.78 Å². The van der Waals surface area contributed by atoms with E-state index in [-0.39, 0.29) is 5.91 Å². The molecule has 0 spiro atoms. The van der Waals surface area contributed by atoms with Crippen LogP contribution in [0.2, 0.25) is 0 Å². The van der Waals surface area contributed by atoms with E-state index in [0.717, 1.165) is 17.9 Å². The van der Waals surface area contributed by atoms with Gasteiger partial charge in [-0.2, -0.15) is 11.8 Å². The number of aromatic nitrogens is 1. The summed E-state index contributed by atoms with van der Waals surface area (Å²) in [6.45, 7) is 0. The van der Waals surface area contributed by atoms with Crippen LogP contribution in [0.5, 0.6) is 0 Å². The van der Waals surface area contributed by atoms with Gasteiger partial charge >= 0.3 is 0 Å². The number of anilines is 1. The molecule has 0 bridgehead atoms. The van der Waals surface area contributed by atoms with E-state index in [1.54, 1.807) is 18.3 Å². The Balaban J connectivity index is 1.82. The fraction of sp³-hybridized carbons (Fsp3) is 0.500. The molecule has 1 aliphatic heterocycles. The number of nitrogens with zero attached hydrogens (tertiary/aromatic N) is 1. The van der Waals surface area contributed by atoms with Crippen molar-refractivity contribution < 1.29 is 4.79 Å². The number of hydrogen-bond acceptors (Lipinski definition) is 4. The van der Waals surface area contributed by atoms with E-state index in [1.807, 2.05) is 11.8 Å². The zero-order valence-electron chi connectivity index (χ0n) is 9.69. The average Bonchev–Trinajstić information content (AvgIpc) is 2.33. The molecule has 1 aliphatic rings. The molecule has 2 heterocycles. The van der Waals surface area contributed by atoms with Crippen LogP contribution in [-0.4, -0.2) is 28.4 Å². The number of nitrogens with one attached hydrogen (secondary N) is 1. The molecule has 17 heavy (non-hydrogen) atoms. The molecule has 0 aliphatic carbocycles. The summed E-state index contributed by atoms with van der Waals surface area (Å²) < 4.78 is 0. The second-order valence-corrected chi connectivity index (χ2v) is 5.39. The quantitative estimate of drug-likeness (QED) is 0.847. The molecular weight excluding hydrogens is 234 g/mol. The second kappa shape index (κ2) is 5.91. The first-order valence-corrected chi connectivity index (χ1v) is 6.97. The smallest absolute Gasteiger partial charge is 0.226 e. The largest absolute Gasteiger partial charge is 0.397 e. The summed E-state index contributed by atoms with van der Waals surface area (Å²) >= 11 is 1.91. The Kier molecular flexibility index (Phi) is 4.25. The third-order valence-corrected chi connectivity index (χ3v) is 3.93. The highest BCUT2D eigenvalue weighted by atomic mass is 32.2. The van der Waals surface area contributed by atoms with Gasteiger partial charge in [0, 0.05) is 17.5 Å². The lowest BCUT2D eigenvalue weighted by atomic mass is 10.1. The van der Waals surface area contributed by atoms with Crippen LogP contribution in [-0.2, 0) is 11.2 Å². The maximum atomic E-state index is 11.8. The van der Waals surface area contributed by atoms with Crippen LogP contribution < -0.4 is 11.1 Å². The molecule has 1 saturated heterocycles. The van der Waals surface area contributed by atoms with Crippen molar-refractivity contribution in [2.24, 2.45) is 0 Å². The molecule has 4 nitrogen and oxygen atoms in total. The fourth-order valence-electron chi connectivity index (χ4n) is 1.84. The minimum absolute atomic E-state index is 0.0507. The maximum Gasteiger partial charge on any atom is 0.226 e. The van der Waals surface area contributed by atoms with E-state index in [0.29, 0.717) is 18.2 Å². The number of pyridine rings is 1. The summed E-state index contributed by atoms with van der Waals surface area (Å²) in [5.41, 5.74) is 6.93. The third kappa shape index (κ3) is 3.93. The first-order valence-electron chi connectivity index (χ1n) is 5.81. The number of hydrogen-bond donors (Lipinski definition) is 2. The van der Waals surface area contributed by atoms with Gasteiger partial charge in [-0.1, -0.05) is 0 Å². The van der Waals surface area contributed by atoms with Gasteiger partial charge in [-0.25, -0.2) is 0 Å². The van der Waals surface area contributed by atoms with Crippen molar-refractivity contribution in [3.05, 3.63) is 24.0 Å². The summed E-state index contributed by atoms with van der Waals surface area (Å²) in [6, 6.07) is 3.89. The van der Waals surface area contributed by atoms with E-state index in [9.17, 15) is 4.79 Å². The van der Waals surface area contributed by atoms with Gasteiger partial charge in [0.05, 0.1) is 18.3 Å². The number of thioether (sulfide) groups is 1. The van der Waals surface area contributed by atoms with Gasteiger partial charge in [-0.05, 0) is 30.7 Å². The van der Waals surface area contributed by atoms with E-state index in [2.05, 4.69) is 10.3 Å². The Bertz CT molecular complexity index is 374. The van der Waals surface area contributed by atoms with Crippen molar-refractivity contribution in [2.45, 2.75) is 25.3 Å². The van der Waals surface area contributed by atoms with Crippen LogP contribution in [0.15, 0.2) is 18.3 Å². The average molecular weight is 251 g/mol. The Morgan fingerprint density at radius 3 is 3.12 bits per heavy atom. The molecule has 1 aromatic rings. The highest BCUT2D eigenvalue weighted by Gasteiger charge is 2.16. The summed E-state index contributed by atoms with van der Waals surface area (Å²) in [5, 5.41) is 3.05. The van der Waals surface area contributed by atoms with Crippen LogP contribution >= 0.6 is 11.8 Å². The number of carbonyl (C=O) groups excluding carboxylic acids is 1. The minimum Gasteiger partial charge on any atom is -0.397 e.